The van der Waals surface area contributed by atoms with Crippen LogP contribution in [0.5, 0.6) is 0 Å². The Morgan fingerprint density at radius 3 is 2.40 bits per heavy atom. The van der Waals surface area contributed by atoms with Gasteiger partial charge in [0.2, 0.25) is 15.9 Å². The molecular formula is C12H16BrN3O3S. The molecule has 6 nitrogen and oxygen atoms in total. The highest BCUT2D eigenvalue weighted by molar-refractivity contribution is 9.10. The molecule has 2 rings (SSSR count). The molecule has 1 heterocycles. The van der Waals surface area contributed by atoms with Crippen molar-refractivity contribution < 1.29 is 13.2 Å². The van der Waals surface area contributed by atoms with Crippen molar-refractivity contribution in [2.24, 2.45) is 11.5 Å². The van der Waals surface area contributed by atoms with Gasteiger partial charge in [-0.25, -0.2) is 8.42 Å². The summed E-state index contributed by atoms with van der Waals surface area (Å²) in [5.74, 6) is -0.664. The van der Waals surface area contributed by atoms with E-state index in [4.69, 9.17) is 11.5 Å². The molecule has 1 amide bonds. The minimum absolute atomic E-state index is 0.0464. The van der Waals surface area contributed by atoms with Crippen LogP contribution in [0, 0.1) is 0 Å². The second-order valence-corrected chi connectivity index (χ2v) is 7.63. The first-order valence-electron chi connectivity index (χ1n) is 6.17. The van der Waals surface area contributed by atoms with E-state index in [-0.39, 0.29) is 16.5 Å². The van der Waals surface area contributed by atoms with E-state index in [1.54, 1.807) is 0 Å². The summed E-state index contributed by atoms with van der Waals surface area (Å²) < 4.78 is 27.0. The van der Waals surface area contributed by atoms with Gasteiger partial charge in [-0.2, -0.15) is 4.31 Å². The molecule has 1 aliphatic rings. The van der Waals surface area contributed by atoms with Crippen molar-refractivity contribution in [1.82, 2.24) is 4.31 Å². The van der Waals surface area contributed by atoms with E-state index in [2.05, 4.69) is 15.9 Å². The smallest absolute Gasteiger partial charge is 0.248 e. The van der Waals surface area contributed by atoms with E-state index in [1.165, 1.54) is 22.5 Å². The third-order valence-electron chi connectivity index (χ3n) is 3.29. The van der Waals surface area contributed by atoms with E-state index in [9.17, 15) is 13.2 Å². The highest BCUT2D eigenvalue weighted by atomic mass is 79.9. The predicted molar refractivity (Wildman–Crippen MR) is 78.6 cm³/mol. The molecule has 20 heavy (non-hydrogen) atoms. The topological polar surface area (TPSA) is 106 Å². The van der Waals surface area contributed by atoms with Gasteiger partial charge in [-0.05, 0) is 31.0 Å². The van der Waals surface area contributed by atoms with Crippen molar-refractivity contribution in [1.29, 1.82) is 0 Å². The van der Waals surface area contributed by atoms with Crippen molar-refractivity contribution in [3.8, 4) is 0 Å². The quantitative estimate of drug-likeness (QED) is 0.824. The van der Waals surface area contributed by atoms with Crippen molar-refractivity contribution in [3.05, 3.63) is 28.2 Å². The fraction of sp³-hybridized carbons (Fsp3) is 0.417. The van der Waals surface area contributed by atoms with Gasteiger partial charge in [0.05, 0.1) is 4.90 Å². The number of benzene rings is 1. The lowest BCUT2D eigenvalue weighted by atomic mass is 10.1. The third-order valence-corrected chi connectivity index (χ3v) is 5.63. The van der Waals surface area contributed by atoms with Crippen LogP contribution in [0.25, 0.3) is 0 Å². The monoisotopic (exact) mass is 361 g/mol. The lowest BCUT2D eigenvalue weighted by molar-refractivity contribution is 0.1000. The van der Waals surface area contributed by atoms with Gasteiger partial charge in [-0.1, -0.05) is 15.9 Å². The fourth-order valence-corrected chi connectivity index (χ4v) is 4.31. The SMILES string of the molecule is NC(=O)c1cc(Br)cc(S(=O)(=O)N2CCC(N)CC2)c1. The number of carbonyl (C=O) groups excluding carboxylic acids is 1. The second kappa shape index (κ2) is 5.80. The Kier molecular flexibility index (Phi) is 4.48. The molecule has 1 aromatic carbocycles. The van der Waals surface area contributed by atoms with Crippen molar-refractivity contribution in [2.45, 2.75) is 23.8 Å². The maximum Gasteiger partial charge on any atom is 0.248 e. The van der Waals surface area contributed by atoms with Gasteiger partial charge in [0.25, 0.3) is 0 Å². The van der Waals surface area contributed by atoms with Gasteiger partial charge in [0.15, 0.2) is 0 Å². The minimum atomic E-state index is -3.62. The Morgan fingerprint density at radius 2 is 1.85 bits per heavy atom. The van der Waals surface area contributed by atoms with Crippen LogP contribution >= 0.6 is 15.9 Å². The Balaban J connectivity index is 2.36. The normalized spacial score (nSPS) is 18.1. The first-order chi connectivity index (χ1) is 9.30. The van der Waals surface area contributed by atoms with Gasteiger partial charge < -0.3 is 11.5 Å². The number of amides is 1. The third kappa shape index (κ3) is 3.20. The zero-order valence-electron chi connectivity index (χ0n) is 10.8. The average Bonchev–Trinajstić information content (AvgIpc) is 2.38. The molecular weight excluding hydrogens is 346 g/mol. The molecule has 1 fully saturated rings. The molecule has 4 N–H and O–H groups in total. The molecule has 1 aliphatic heterocycles. The molecule has 0 spiro atoms. The number of nitrogens with zero attached hydrogens (tertiary/aromatic N) is 1. The zero-order chi connectivity index (χ0) is 14.9. The highest BCUT2D eigenvalue weighted by Crippen LogP contribution is 2.24. The van der Waals surface area contributed by atoms with E-state index >= 15 is 0 Å². The van der Waals surface area contributed by atoms with Crippen molar-refractivity contribution >= 4 is 31.9 Å². The van der Waals surface area contributed by atoms with E-state index in [0.717, 1.165) is 0 Å². The number of carbonyl (C=O) groups is 1. The maximum atomic E-state index is 12.5. The number of nitrogens with two attached hydrogens (primary N) is 2. The molecule has 8 heteroatoms. The summed E-state index contributed by atoms with van der Waals surface area (Å²) in [5.41, 5.74) is 11.1. The molecule has 0 saturated carbocycles. The molecule has 1 aromatic rings. The molecule has 0 aliphatic carbocycles. The maximum absolute atomic E-state index is 12.5. The molecule has 0 radical (unpaired) electrons. The Labute approximate surface area is 126 Å². The van der Waals surface area contributed by atoms with Crippen LogP contribution in [0.3, 0.4) is 0 Å². The van der Waals surface area contributed by atoms with Crippen molar-refractivity contribution in [2.75, 3.05) is 13.1 Å². The van der Waals surface area contributed by atoms with Crippen LogP contribution in [0.15, 0.2) is 27.6 Å². The summed E-state index contributed by atoms with van der Waals surface area (Å²) in [4.78, 5) is 11.3. The van der Waals surface area contributed by atoms with Crippen LogP contribution < -0.4 is 11.5 Å². The second-order valence-electron chi connectivity index (χ2n) is 4.78. The lowest BCUT2D eigenvalue weighted by Gasteiger charge is -2.29. The fourth-order valence-electron chi connectivity index (χ4n) is 2.12. The number of halogens is 1. The van der Waals surface area contributed by atoms with Gasteiger partial charge in [0.1, 0.15) is 0 Å². The predicted octanol–water partition coefficient (Wildman–Crippen LogP) is 0.660. The largest absolute Gasteiger partial charge is 0.366 e. The first-order valence-corrected chi connectivity index (χ1v) is 8.40. The number of primary amides is 1. The van der Waals surface area contributed by atoms with Crippen LogP contribution in [-0.4, -0.2) is 37.8 Å². The molecule has 0 bridgehead atoms. The Morgan fingerprint density at radius 1 is 1.25 bits per heavy atom. The number of sulfonamides is 1. The summed E-state index contributed by atoms with van der Waals surface area (Å²) in [6.07, 6.45) is 1.27. The van der Waals surface area contributed by atoms with E-state index in [0.29, 0.717) is 30.4 Å². The summed E-state index contributed by atoms with van der Waals surface area (Å²) in [6.45, 7) is 0.782. The summed E-state index contributed by atoms with van der Waals surface area (Å²) in [7, 11) is -3.62. The van der Waals surface area contributed by atoms with Gasteiger partial charge >= 0.3 is 0 Å². The van der Waals surface area contributed by atoms with E-state index in [1.807, 2.05) is 0 Å². The Bertz CT molecular complexity index is 625. The lowest BCUT2D eigenvalue weighted by Crippen LogP contribution is -2.42. The average molecular weight is 362 g/mol. The Hall–Kier alpha value is -0.960. The molecule has 0 atom stereocenters. The summed E-state index contributed by atoms with van der Waals surface area (Å²) >= 11 is 3.20. The van der Waals surface area contributed by atoms with Crippen LogP contribution in [0.2, 0.25) is 0 Å². The van der Waals surface area contributed by atoms with Gasteiger partial charge in [0, 0.05) is 29.2 Å². The minimum Gasteiger partial charge on any atom is -0.366 e. The number of hydrogen-bond donors (Lipinski definition) is 2. The number of rotatable bonds is 3. The first kappa shape index (κ1) is 15.4. The van der Waals surface area contributed by atoms with Crippen LogP contribution in [-0.2, 0) is 10.0 Å². The molecule has 0 unspecified atom stereocenters. The highest BCUT2D eigenvalue weighted by Gasteiger charge is 2.28. The van der Waals surface area contributed by atoms with Crippen molar-refractivity contribution in [3.63, 3.8) is 0 Å². The van der Waals surface area contributed by atoms with Crippen LogP contribution in [0.1, 0.15) is 23.2 Å². The summed E-state index contributed by atoms with van der Waals surface area (Å²) in [5, 5.41) is 0. The number of hydrogen-bond acceptors (Lipinski definition) is 4. The zero-order valence-corrected chi connectivity index (χ0v) is 13.2. The van der Waals surface area contributed by atoms with Gasteiger partial charge in [-0.3, -0.25) is 4.79 Å². The standard InChI is InChI=1S/C12H16BrN3O3S/c13-9-5-8(12(15)17)6-11(7-9)20(18,19)16-3-1-10(14)2-4-16/h5-7,10H,1-4,14H2,(H2,15,17). The molecule has 110 valence electrons. The summed E-state index contributed by atoms with van der Waals surface area (Å²) in [6, 6.07) is 4.31. The van der Waals surface area contributed by atoms with E-state index < -0.39 is 15.9 Å². The molecule has 0 aromatic heterocycles. The molecule has 1 saturated heterocycles. The number of piperidine rings is 1. The van der Waals surface area contributed by atoms with Crippen LogP contribution in [0.4, 0.5) is 0 Å². The van der Waals surface area contributed by atoms with Gasteiger partial charge in [-0.15, -0.1) is 0 Å².